The van der Waals surface area contributed by atoms with Gasteiger partial charge in [-0.15, -0.1) is 0 Å². The van der Waals surface area contributed by atoms with Gasteiger partial charge in [-0.25, -0.2) is 0 Å². The first-order valence-corrected chi connectivity index (χ1v) is 5.76. The van der Waals surface area contributed by atoms with Gasteiger partial charge in [-0.1, -0.05) is 13.8 Å². The van der Waals surface area contributed by atoms with Gasteiger partial charge in [0.2, 0.25) is 0 Å². The molecular weight excluding hydrogens is 254 g/mol. The maximum Gasteiger partial charge on any atom is 0.0592 e. The first-order chi connectivity index (χ1) is 6.96. The summed E-state index contributed by atoms with van der Waals surface area (Å²) in [5.41, 5.74) is 6.99. The van der Waals surface area contributed by atoms with Crippen molar-refractivity contribution in [2.24, 2.45) is 11.1 Å². The molecule has 0 atom stereocenters. The summed E-state index contributed by atoms with van der Waals surface area (Å²) in [6.07, 6.45) is 3.60. The molecule has 1 rings (SSSR count). The lowest BCUT2D eigenvalue weighted by atomic mass is 9.93. The molecule has 0 aliphatic heterocycles. The first kappa shape index (κ1) is 12.5. The van der Waals surface area contributed by atoms with Crippen LogP contribution in [0.4, 0.5) is 5.69 Å². The number of rotatable bonds is 4. The molecule has 84 valence electrons. The molecule has 1 aromatic rings. The van der Waals surface area contributed by atoms with Crippen LogP contribution in [-0.4, -0.2) is 25.1 Å². The Morgan fingerprint density at radius 2 is 2.20 bits per heavy atom. The lowest BCUT2D eigenvalue weighted by Gasteiger charge is -2.30. The summed E-state index contributed by atoms with van der Waals surface area (Å²) in [7, 11) is 2.07. The van der Waals surface area contributed by atoms with Gasteiger partial charge in [-0.3, -0.25) is 4.98 Å². The maximum absolute atomic E-state index is 5.72. The Kier molecular flexibility index (Phi) is 4.11. The maximum atomic E-state index is 5.72. The summed E-state index contributed by atoms with van der Waals surface area (Å²) in [6, 6.07) is 2.00. The van der Waals surface area contributed by atoms with Crippen molar-refractivity contribution in [2.45, 2.75) is 13.8 Å². The van der Waals surface area contributed by atoms with Crippen molar-refractivity contribution in [3.8, 4) is 0 Å². The third kappa shape index (κ3) is 3.47. The van der Waals surface area contributed by atoms with Crippen molar-refractivity contribution in [3.05, 3.63) is 22.9 Å². The summed E-state index contributed by atoms with van der Waals surface area (Å²) < 4.78 is 1.01. The Morgan fingerprint density at radius 3 is 2.73 bits per heavy atom. The molecule has 0 bridgehead atoms. The fraction of sp³-hybridized carbons (Fsp3) is 0.545. The molecule has 15 heavy (non-hydrogen) atoms. The molecule has 3 nitrogen and oxygen atoms in total. The molecule has 0 saturated carbocycles. The molecule has 0 radical (unpaired) electrons. The summed E-state index contributed by atoms with van der Waals surface area (Å²) in [4.78, 5) is 6.24. The highest BCUT2D eigenvalue weighted by Gasteiger charge is 2.19. The first-order valence-electron chi connectivity index (χ1n) is 4.97. The van der Waals surface area contributed by atoms with E-state index >= 15 is 0 Å². The normalized spacial score (nSPS) is 11.5. The van der Waals surface area contributed by atoms with E-state index in [1.165, 1.54) is 0 Å². The van der Waals surface area contributed by atoms with Gasteiger partial charge >= 0.3 is 0 Å². The van der Waals surface area contributed by atoms with Crippen LogP contribution >= 0.6 is 15.9 Å². The van der Waals surface area contributed by atoms with Gasteiger partial charge in [0.1, 0.15) is 0 Å². The van der Waals surface area contributed by atoms with Crippen molar-refractivity contribution < 1.29 is 0 Å². The van der Waals surface area contributed by atoms with Gasteiger partial charge in [0.05, 0.1) is 10.2 Å². The van der Waals surface area contributed by atoms with E-state index in [-0.39, 0.29) is 5.41 Å². The zero-order valence-electron chi connectivity index (χ0n) is 9.50. The zero-order valence-corrected chi connectivity index (χ0v) is 11.1. The third-order valence-electron chi connectivity index (χ3n) is 2.38. The number of pyridine rings is 1. The van der Waals surface area contributed by atoms with Crippen LogP contribution in [0.25, 0.3) is 0 Å². The lowest BCUT2D eigenvalue weighted by molar-refractivity contribution is 0.385. The van der Waals surface area contributed by atoms with Crippen LogP contribution in [0.5, 0.6) is 0 Å². The Hall–Kier alpha value is -0.610. The Bertz CT molecular complexity index is 325. The summed E-state index contributed by atoms with van der Waals surface area (Å²) >= 11 is 3.49. The average molecular weight is 272 g/mol. The van der Waals surface area contributed by atoms with Gasteiger partial charge in [0.15, 0.2) is 0 Å². The number of hydrogen-bond acceptors (Lipinski definition) is 3. The Balaban J connectivity index is 2.78. The molecule has 1 heterocycles. The van der Waals surface area contributed by atoms with Gasteiger partial charge in [-0.05, 0) is 34.0 Å². The van der Waals surface area contributed by atoms with Crippen LogP contribution in [0, 0.1) is 5.41 Å². The quantitative estimate of drug-likeness (QED) is 0.914. The van der Waals surface area contributed by atoms with Crippen LogP contribution in [0.2, 0.25) is 0 Å². The van der Waals surface area contributed by atoms with E-state index < -0.39 is 0 Å². The van der Waals surface area contributed by atoms with Gasteiger partial charge in [0, 0.05) is 26.0 Å². The second-order valence-electron chi connectivity index (χ2n) is 4.55. The van der Waals surface area contributed by atoms with Crippen LogP contribution < -0.4 is 10.6 Å². The van der Waals surface area contributed by atoms with E-state index in [1.807, 2.05) is 6.07 Å². The topological polar surface area (TPSA) is 42.1 Å². The predicted molar refractivity (Wildman–Crippen MR) is 68.0 cm³/mol. The molecule has 0 aromatic carbocycles. The number of halogens is 1. The molecular formula is C11H18BrN3. The smallest absolute Gasteiger partial charge is 0.0592 e. The molecule has 0 spiro atoms. The van der Waals surface area contributed by atoms with E-state index in [0.717, 1.165) is 16.7 Å². The SMILES string of the molecule is CN(CC(C)(C)CN)c1ccncc1Br. The molecule has 0 fully saturated rings. The fourth-order valence-corrected chi connectivity index (χ4v) is 2.02. The van der Waals surface area contributed by atoms with E-state index in [4.69, 9.17) is 5.73 Å². The van der Waals surface area contributed by atoms with Crippen molar-refractivity contribution in [1.29, 1.82) is 0 Å². The molecule has 0 amide bonds. The van der Waals surface area contributed by atoms with Crippen molar-refractivity contribution in [1.82, 2.24) is 4.98 Å². The Morgan fingerprint density at radius 1 is 1.53 bits per heavy atom. The van der Waals surface area contributed by atoms with Crippen molar-refractivity contribution in [3.63, 3.8) is 0 Å². The third-order valence-corrected chi connectivity index (χ3v) is 2.99. The number of nitrogens with two attached hydrogens (primary N) is 1. The number of aromatic nitrogens is 1. The highest BCUT2D eigenvalue weighted by Crippen LogP contribution is 2.26. The second-order valence-corrected chi connectivity index (χ2v) is 5.41. The molecule has 0 unspecified atom stereocenters. The Labute approximate surface area is 99.8 Å². The molecule has 4 heteroatoms. The second kappa shape index (κ2) is 4.94. The minimum Gasteiger partial charge on any atom is -0.373 e. The molecule has 0 saturated heterocycles. The summed E-state index contributed by atoms with van der Waals surface area (Å²) in [5, 5.41) is 0. The molecule has 0 aliphatic carbocycles. The van der Waals surface area contributed by atoms with E-state index in [2.05, 4.69) is 46.7 Å². The summed E-state index contributed by atoms with van der Waals surface area (Å²) in [5.74, 6) is 0. The monoisotopic (exact) mass is 271 g/mol. The van der Waals surface area contributed by atoms with Crippen LogP contribution in [0.3, 0.4) is 0 Å². The average Bonchev–Trinajstić information content (AvgIpc) is 2.17. The number of hydrogen-bond donors (Lipinski definition) is 1. The number of anilines is 1. The molecule has 0 aliphatic rings. The van der Waals surface area contributed by atoms with E-state index in [0.29, 0.717) is 6.54 Å². The van der Waals surface area contributed by atoms with Crippen molar-refractivity contribution >= 4 is 21.6 Å². The van der Waals surface area contributed by atoms with Gasteiger partial charge in [0.25, 0.3) is 0 Å². The van der Waals surface area contributed by atoms with Crippen molar-refractivity contribution in [2.75, 3.05) is 25.0 Å². The largest absolute Gasteiger partial charge is 0.373 e. The fourth-order valence-electron chi connectivity index (χ4n) is 1.47. The minimum absolute atomic E-state index is 0.122. The highest BCUT2D eigenvalue weighted by molar-refractivity contribution is 9.10. The van der Waals surface area contributed by atoms with Crippen LogP contribution in [-0.2, 0) is 0 Å². The zero-order chi connectivity index (χ0) is 11.5. The van der Waals surface area contributed by atoms with Crippen LogP contribution in [0.1, 0.15) is 13.8 Å². The predicted octanol–water partition coefficient (Wildman–Crippen LogP) is 2.27. The number of nitrogens with zero attached hydrogens (tertiary/aromatic N) is 2. The molecule has 2 N–H and O–H groups in total. The minimum atomic E-state index is 0.122. The van der Waals surface area contributed by atoms with Gasteiger partial charge in [-0.2, -0.15) is 0 Å². The summed E-state index contributed by atoms with van der Waals surface area (Å²) in [6.45, 7) is 5.93. The van der Waals surface area contributed by atoms with Gasteiger partial charge < -0.3 is 10.6 Å². The molecule has 1 aromatic heterocycles. The highest BCUT2D eigenvalue weighted by atomic mass is 79.9. The lowest BCUT2D eigenvalue weighted by Crippen LogP contribution is -2.36. The van der Waals surface area contributed by atoms with E-state index in [1.54, 1.807) is 12.4 Å². The van der Waals surface area contributed by atoms with E-state index in [9.17, 15) is 0 Å². The van der Waals surface area contributed by atoms with Crippen LogP contribution in [0.15, 0.2) is 22.9 Å². The standard InChI is InChI=1S/C11H18BrN3/c1-11(2,7-13)8-15(3)10-4-5-14-6-9(10)12/h4-6H,7-8,13H2,1-3H3.